The summed E-state index contributed by atoms with van der Waals surface area (Å²) in [5.74, 6) is -0.251. The molecule has 0 aliphatic heterocycles. The van der Waals surface area contributed by atoms with Crippen molar-refractivity contribution in [2.24, 2.45) is 5.10 Å². The van der Waals surface area contributed by atoms with E-state index in [1.54, 1.807) is 18.3 Å². The molecule has 0 unspecified atom stereocenters. The second-order valence-corrected chi connectivity index (χ2v) is 7.14. The van der Waals surface area contributed by atoms with Gasteiger partial charge in [0.2, 0.25) is 0 Å². The highest BCUT2D eigenvalue weighted by molar-refractivity contribution is 5.95. The number of benzene rings is 3. The number of hydrazone groups is 1. The summed E-state index contributed by atoms with van der Waals surface area (Å²) in [4.78, 5) is 12.3. The maximum atomic E-state index is 12.3. The van der Waals surface area contributed by atoms with E-state index in [4.69, 9.17) is 5.10 Å². The van der Waals surface area contributed by atoms with E-state index < -0.39 is 0 Å². The number of hydrogen-bond donors (Lipinski definition) is 1. The van der Waals surface area contributed by atoms with Crippen LogP contribution in [-0.4, -0.2) is 21.9 Å². The monoisotopic (exact) mass is 394 g/mol. The molecule has 1 heterocycles. The van der Waals surface area contributed by atoms with E-state index >= 15 is 0 Å². The number of rotatable bonds is 5. The maximum absolute atomic E-state index is 12.3. The first-order chi connectivity index (χ1) is 14.6. The molecule has 30 heavy (non-hydrogen) atoms. The van der Waals surface area contributed by atoms with Gasteiger partial charge in [-0.05, 0) is 38.1 Å². The number of nitrogens with zero attached hydrogens (tertiary/aromatic N) is 3. The summed E-state index contributed by atoms with van der Waals surface area (Å²) in [5, 5.41) is 8.93. The predicted molar refractivity (Wildman–Crippen MR) is 120 cm³/mol. The molecule has 4 aromatic rings. The Bertz CT molecular complexity index is 1170. The van der Waals surface area contributed by atoms with Gasteiger partial charge in [-0.3, -0.25) is 4.79 Å². The molecule has 148 valence electrons. The first-order valence-electron chi connectivity index (χ1n) is 9.72. The van der Waals surface area contributed by atoms with Gasteiger partial charge in [-0.1, -0.05) is 65.7 Å². The van der Waals surface area contributed by atoms with Gasteiger partial charge < -0.3 is 0 Å². The Labute approximate surface area is 175 Å². The van der Waals surface area contributed by atoms with Crippen LogP contribution in [0.25, 0.3) is 16.9 Å². The summed E-state index contributed by atoms with van der Waals surface area (Å²) in [5.41, 5.74) is 9.00. The molecular weight excluding hydrogens is 372 g/mol. The average molecular weight is 394 g/mol. The first-order valence-corrected chi connectivity index (χ1v) is 9.72. The van der Waals surface area contributed by atoms with E-state index in [0.717, 1.165) is 28.1 Å². The zero-order chi connectivity index (χ0) is 20.9. The fourth-order valence-corrected chi connectivity index (χ4v) is 3.06. The van der Waals surface area contributed by atoms with Crippen LogP contribution in [0.5, 0.6) is 0 Å². The predicted octanol–water partition coefficient (Wildman–Crippen LogP) is 4.92. The molecule has 0 aliphatic rings. The average Bonchev–Trinajstić information content (AvgIpc) is 3.19. The summed E-state index contributed by atoms with van der Waals surface area (Å²) in [6.07, 6.45) is 3.54. The second kappa shape index (κ2) is 8.57. The molecule has 5 nitrogen and oxygen atoms in total. The molecule has 0 saturated heterocycles. The summed E-state index contributed by atoms with van der Waals surface area (Å²) >= 11 is 0. The normalized spacial score (nSPS) is 11.0. The van der Waals surface area contributed by atoms with E-state index in [0.29, 0.717) is 5.56 Å². The third-order valence-electron chi connectivity index (χ3n) is 4.77. The van der Waals surface area contributed by atoms with Crippen LogP contribution in [-0.2, 0) is 0 Å². The fraction of sp³-hybridized carbons (Fsp3) is 0.0800. The van der Waals surface area contributed by atoms with Gasteiger partial charge in [0.25, 0.3) is 5.91 Å². The minimum absolute atomic E-state index is 0.251. The second-order valence-electron chi connectivity index (χ2n) is 7.14. The number of nitrogens with one attached hydrogen (secondary N) is 1. The molecule has 0 radical (unpaired) electrons. The van der Waals surface area contributed by atoms with Crippen LogP contribution in [0.1, 0.15) is 27.0 Å². The summed E-state index contributed by atoms with van der Waals surface area (Å²) in [7, 11) is 0. The first kappa shape index (κ1) is 19.3. The van der Waals surface area contributed by atoms with Crippen molar-refractivity contribution in [3.63, 3.8) is 0 Å². The lowest BCUT2D eigenvalue weighted by Gasteiger charge is -2.01. The third kappa shape index (κ3) is 4.36. The SMILES string of the molecule is Cc1ccc(C(=O)N/N=C/c2cn(-c3ccccc3)nc2-c2ccc(C)cc2)cc1. The maximum Gasteiger partial charge on any atom is 0.271 e. The van der Waals surface area contributed by atoms with E-state index in [-0.39, 0.29) is 5.91 Å². The number of aromatic nitrogens is 2. The summed E-state index contributed by atoms with van der Waals surface area (Å²) < 4.78 is 1.82. The number of amides is 1. The molecule has 1 aromatic heterocycles. The zero-order valence-electron chi connectivity index (χ0n) is 16.9. The van der Waals surface area contributed by atoms with Crippen molar-refractivity contribution in [1.82, 2.24) is 15.2 Å². The van der Waals surface area contributed by atoms with E-state index in [9.17, 15) is 4.79 Å². The van der Waals surface area contributed by atoms with Crippen molar-refractivity contribution in [2.75, 3.05) is 0 Å². The van der Waals surface area contributed by atoms with Gasteiger partial charge in [0.1, 0.15) is 5.69 Å². The molecule has 4 rings (SSSR count). The van der Waals surface area contributed by atoms with Crippen molar-refractivity contribution in [3.8, 4) is 16.9 Å². The van der Waals surface area contributed by atoms with Crippen LogP contribution in [0, 0.1) is 13.8 Å². The van der Waals surface area contributed by atoms with Gasteiger partial charge in [0, 0.05) is 22.9 Å². The molecule has 3 aromatic carbocycles. The molecule has 0 saturated carbocycles. The quantitative estimate of drug-likeness (QED) is 0.386. The van der Waals surface area contributed by atoms with Gasteiger partial charge in [-0.2, -0.15) is 10.2 Å². The van der Waals surface area contributed by atoms with Crippen molar-refractivity contribution in [1.29, 1.82) is 0 Å². The molecule has 1 N–H and O–H groups in total. The lowest BCUT2D eigenvalue weighted by molar-refractivity contribution is 0.0955. The van der Waals surface area contributed by atoms with E-state index in [1.807, 2.05) is 72.4 Å². The number of para-hydroxylation sites is 1. The highest BCUT2D eigenvalue weighted by Crippen LogP contribution is 2.23. The largest absolute Gasteiger partial charge is 0.271 e. The Morgan fingerprint density at radius 2 is 1.53 bits per heavy atom. The van der Waals surface area contributed by atoms with Crippen LogP contribution in [0.4, 0.5) is 0 Å². The lowest BCUT2D eigenvalue weighted by atomic mass is 10.1. The third-order valence-corrected chi connectivity index (χ3v) is 4.77. The van der Waals surface area contributed by atoms with Crippen LogP contribution in [0.3, 0.4) is 0 Å². The minimum atomic E-state index is -0.251. The molecule has 1 amide bonds. The minimum Gasteiger partial charge on any atom is -0.267 e. The Hall–Kier alpha value is -3.99. The van der Waals surface area contributed by atoms with Crippen molar-refractivity contribution >= 4 is 12.1 Å². The number of carbonyl (C=O) groups is 1. The molecular formula is C25H22N4O. The number of hydrogen-bond acceptors (Lipinski definition) is 3. The Kier molecular flexibility index (Phi) is 5.52. The summed E-state index contributed by atoms with van der Waals surface area (Å²) in [6, 6.07) is 25.4. The Balaban J connectivity index is 1.63. The van der Waals surface area contributed by atoms with Crippen molar-refractivity contribution < 1.29 is 4.79 Å². The highest BCUT2D eigenvalue weighted by atomic mass is 16.2. The van der Waals surface area contributed by atoms with Crippen molar-refractivity contribution in [3.05, 3.63) is 107 Å². The van der Waals surface area contributed by atoms with Crippen LogP contribution >= 0.6 is 0 Å². The van der Waals surface area contributed by atoms with E-state index in [1.165, 1.54) is 5.56 Å². The standard InChI is InChI=1S/C25H22N4O/c1-18-8-12-20(13-9-18)24-22(17-29(28-24)23-6-4-3-5-7-23)16-26-27-25(30)21-14-10-19(2)11-15-21/h3-17H,1-2H3,(H,27,30)/b26-16+. The zero-order valence-corrected chi connectivity index (χ0v) is 16.9. The number of carbonyl (C=O) groups excluding carboxylic acids is 1. The van der Waals surface area contributed by atoms with Crippen LogP contribution < -0.4 is 5.43 Å². The molecule has 0 aliphatic carbocycles. The van der Waals surface area contributed by atoms with Crippen LogP contribution in [0.2, 0.25) is 0 Å². The summed E-state index contributed by atoms with van der Waals surface area (Å²) in [6.45, 7) is 4.03. The van der Waals surface area contributed by atoms with E-state index in [2.05, 4.69) is 29.6 Å². The fourth-order valence-electron chi connectivity index (χ4n) is 3.06. The van der Waals surface area contributed by atoms with Gasteiger partial charge in [-0.25, -0.2) is 10.1 Å². The Morgan fingerprint density at radius 1 is 0.900 bits per heavy atom. The molecule has 0 fully saturated rings. The van der Waals surface area contributed by atoms with Gasteiger partial charge in [0.05, 0.1) is 11.9 Å². The van der Waals surface area contributed by atoms with Gasteiger partial charge in [0.15, 0.2) is 0 Å². The smallest absolute Gasteiger partial charge is 0.267 e. The van der Waals surface area contributed by atoms with Gasteiger partial charge >= 0.3 is 0 Å². The Morgan fingerprint density at radius 3 is 2.20 bits per heavy atom. The highest BCUT2D eigenvalue weighted by Gasteiger charge is 2.11. The van der Waals surface area contributed by atoms with Gasteiger partial charge in [-0.15, -0.1) is 0 Å². The number of aryl methyl sites for hydroxylation is 2. The lowest BCUT2D eigenvalue weighted by Crippen LogP contribution is -2.17. The molecule has 0 spiro atoms. The van der Waals surface area contributed by atoms with Crippen LogP contribution in [0.15, 0.2) is 90.2 Å². The molecule has 0 atom stereocenters. The molecule has 0 bridgehead atoms. The molecule has 5 heteroatoms. The van der Waals surface area contributed by atoms with Crippen molar-refractivity contribution in [2.45, 2.75) is 13.8 Å². The topological polar surface area (TPSA) is 59.3 Å².